The van der Waals surface area contributed by atoms with Gasteiger partial charge in [0.15, 0.2) is 0 Å². The van der Waals surface area contributed by atoms with Gasteiger partial charge in [-0.05, 0) is 42.5 Å². The third-order valence-corrected chi connectivity index (χ3v) is 4.89. The summed E-state index contributed by atoms with van der Waals surface area (Å²) in [6.07, 6.45) is 0.903. The molecule has 0 aliphatic rings. The molecule has 140 valence electrons. The highest BCUT2D eigenvalue weighted by Crippen LogP contribution is 2.25. The number of anilines is 3. The van der Waals surface area contributed by atoms with E-state index < -0.39 is 28.3 Å². The number of halogens is 2. The van der Waals surface area contributed by atoms with E-state index in [9.17, 15) is 17.6 Å². The lowest BCUT2D eigenvalue weighted by Crippen LogP contribution is -2.38. The first-order valence-corrected chi connectivity index (χ1v) is 9.80. The van der Waals surface area contributed by atoms with Gasteiger partial charge in [-0.2, -0.15) is 0 Å². The first kappa shape index (κ1) is 20.0. The molecule has 2 aromatic carbocycles. The highest BCUT2D eigenvalue weighted by Gasteiger charge is 2.24. The van der Waals surface area contributed by atoms with Gasteiger partial charge in [0.25, 0.3) is 0 Å². The van der Waals surface area contributed by atoms with Crippen molar-refractivity contribution in [1.29, 1.82) is 0 Å². The Bertz CT molecular complexity index is 902. The van der Waals surface area contributed by atoms with Gasteiger partial charge in [-0.1, -0.05) is 11.6 Å². The zero-order chi connectivity index (χ0) is 19.5. The van der Waals surface area contributed by atoms with E-state index in [0.717, 1.165) is 18.0 Å². The van der Waals surface area contributed by atoms with E-state index in [0.29, 0.717) is 9.99 Å². The van der Waals surface area contributed by atoms with E-state index in [1.54, 1.807) is 12.1 Å². The molecule has 0 unspecified atom stereocenters. The monoisotopic (exact) mass is 399 g/mol. The van der Waals surface area contributed by atoms with Crippen molar-refractivity contribution in [2.75, 3.05) is 41.4 Å². The van der Waals surface area contributed by atoms with Crippen molar-refractivity contribution in [3.8, 4) is 0 Å². The predicted octanol–water partition coefficient (Wildman–Crippen LogP) is 2.95. The van der Waals surface area contributed by atoms with Crippen molar-refractivity contribution in [3.05, 3.63) is 53.3 Å². The van der Waals surface area contributed by atoms with Crippen LogP contribution < -0.4 is 14.5 Å². The normalized spacial score (nSPS) is 11.1. The third kappa shape index (κ3) is 5.09. The van der Waals surface area contributed by atoms with Crippen LogP contribution in [0.2, 0.25) is 5.02 Å². The van der Waals surface area contributed by atoms with Crippen LogP contribution in [0, 0.1) is 5.82 Å². The Labute approximate surface area is 157 Å². The first-order chi connectivity index (χ1) is 12.1. The van der Waals surface area contributed by atoms with Crippen LogP contribution in [0.15, 0.2) is 42.5 Å². The molecule has 1 N–H and O–H groups in total. The summed E-state index contributed by atoms with van der Waals surface area (Å²) >= 11 is 5.69. The fourth-order valence-corrected chi connectivity index (χ4v) is 3.25. The summed E-state index contributed by atoms with van der Waals surface area (Å²) in [6, 6.07) is 10.6. The van der Waals surface area contributed by atoms with E-state index in [1.165, 1.54) is 12.1 Å². The summed E-state index contributed by atoms with van der Waals surface area (Å²) in [6.45, 7) is -0.563. The molecule has 0 fully saturated rings. The minimum absolute atomic E-state index is 0.130. The SMILES string of the molecule is CN(C)c1ccc(NC(=O)CN(c2ccc(Cl)cc2F)S(C)(=O)=O)cc1. The number of amides is 1. The van der Waals surface area contributed by atoms with Crippen LogP contribution in [0.3, 0.4) is 0 Å². The largest absolute Gasteiger partial charge is 0.378 e. The van der Waals surface area contributed by atoms with Crippen molar-refractivity contribution >= 4 is 44.6 Å². The average molecular weight is 400 g/mol. The molecule has 1 amide bonds. The van der Waals surface area contributed by atoms with Gasteiger partial charge in [0.05, 0.1) is 11.9 Å². The number of benzene rings is 2. The van der Waals surface area contributed by atoms with Gasteiger partial charge in [-0.3, -0.25) is 9.10 Å². The molecule has 0 aromatic heterocycles. The maximum atomic E-state index is 14.1. The lowest BCUT2D eigenvalue weighted by molar-refractivity contribution is -0.114. The summed E-state index contributed by atoms with van der Waals surface area (Å²) in [5.74, 6) is -1.42. The second kappa shape index (κ2) is 7.92. The number of rotatable bonds is 6. The Balaban J connectivity index is 2.19. The van der Waals surface area contributed by atoms with Gasteiger partial charge in [0.1, 0.15) is 12.4 Å². The average Bonchev–Trinajstić information content (AvgIpc) is 2.53. The Kier molecular flexibility index (Phi) is 6.09. The molecular weight excluding hydrogens is 381 g/mol. The number of sulfonamides is 1. The van der Waals surface area contributed by atoms with E-state index in [-0.39, 0.29) is 10.7 Å². The lowest BCUT2D eigenvalue weighted by Gasteiger charge is -2.22. The van der Waals surface area contributed by atoms with Crippen molar-refractivity contribution in [2.45, 2.75) is 0 Å². The molecule has 0 aliphatic carbocycles. The molecule has 0 heterocycles. The molecule has 0 aliphatic heterocycles. The number of nitrogens with one attached hydrogen (secondary N) is 1. The lowest BCUT2D eigenvalue weighted by atomic mass is 10.2. The number of hydrogen-bond acceptors (Lipinski definition) is 4. The van der Waals surface area contributed by atoms with Crippen LogP contribution in [-0.2, 0) is 14.8 Å². The van der Waals surface area contributed by atoms with Gasteiger partial charge in [0.2, 0.25) is 15.9 Å². The van der Waals surface area contributed by atoms with Gasteiger partial charge < -0.3 is 10.2 Å². The molecule has 2 rings (SSSR count). The molecule has 2 aromatic rings. The third-order valence-electron chi connectivity index (χ3n) is 3.53. The summed E-state index contributed by atoms with van der Waals surface area (Å²) in [5, 5.41) is 2.73. The van der Waals surface area contributed by atoms with Crippen LogP contribution in [0.25, 0.3) is 0 Å². The zero-order valence-corrected chi connectivity index (χ0v) is 16.1. The van der Waals surface area contributed by atoms with Gasteiger partial charge >= 0.3 is 0 Å². The minimum Gasteiger partial charge on any atom is -0.378 e. The highest BCUT2D eigenvalue weighted by molar-refractivity contribution is 7.92. The van der Waals surface area contributed by atoms with E-state index in [4.69, 9.17) is 11.6 Å². The quantitative estimate of drug-likeness (QED) is 0.810. The molecule has 0 radical (unpaired) electrons. The topological polar surface area (TPSA) is 69.7 Å². The Morgan fingerprint density at radius 3 is 2.27 bits per heavy atom. The Morgan fingerprint density at radius 2 is 1.77 bits per heavy atom. The van der Waals surface area contributed by atoms with Crippen LogP contribution >= 0.6 is 11.6 Å². The van der Waals surface area contributed by atoms with Crippen LogP contribution in [-0.4, -0.2) is 41.2 Å². The molecule has 9 heteroatoms. The van der Waals surface area contributed by atoms with Crippen LogP contribution in [0.5, 0.6) is 0 Å². The Hall–Kier alpha value is -2.32. The number of carbonyl (C=O) groups excluding carboxylic acids is 1. The first-order valence-electron chi connectivity index (χ1n) is 7.58. The predicted molar refractivity (Wildman–Crippen MR) is 103 cm³/mol. The van der Waals surface area contributed by atoms with Crippen molar-refractivity contribution < 1.29 is 17.6 Å². The minimum atomic E-state index is -3.88. The maximum absolute atomic E-state index is 14.1. The summed E-state index contributed by atoms with van der Waals surface area (Å²) in [5.41, 5.74) is 1.21. The van der Waals surface area contributed by atoms with Gasteiger partial charge in [-0.15, -0.1) is 0 Å². The second-order valence-electron chi connectivity index (χ2n) is 5.85. The highest BCUT2D eigenvalue weighted by atomic mass is 35.5. The molecule has 0 saturated heterocycles. The molecular formula is C17H19ClFN3O3S. The van der Waals surface area contributed by atoms with Crippen molar-refractivity contribution in [1.82, 2.24) is 0 Å². The molecule has 6 nitrogen and oxygen atoms in total. The smallest absolute Gasteiger partial charge is 0.245 e. The van der Waals surface area contributed by atoms with Crippen LogP contribution in [0.1, 0.15) is 0 Å². The fraction of sp³-hybridized carbons (Fsp3) is 0.235. The van der Waals surface area contributed by atoms with Gasteiger partial charge in [0, 0.05) is 30.5 Å². The van der Waals surface area contributed by atoms with Crippen molar-refractivity contribution in [2.24, 2.45) is 0 Å². The number of hydrogen-bond donors (Lipinski definition) is 1. The van der Waals surface area contributed by atoms with E-state index >= 15 is 0 Å². The summed E-state index contributed by atoms with van der Waals surface area (Å²) in [4.78, 5) is 14.2. The molecule has 0 spiro atoms. The van der Waals surface area contributed by atoms with E-state index in [2.05, 4.69) is 5.32 Å². The second-order valence-corrected chi connectivity index (χ2v) is 8.20. The Morgan fingerprint density at radius 1 is 1.15 bits per heavy atom. The van der Waals surface area contributed by atoms with Crippen LogP contribution in [0.4, 0.5) is 21.5 Å². The molecule has 0 bridgehead atoms. The molecule has 0 atom stereocenters. The zero-order valence-electron chi connectivity index (χ0n) is 14.5. The van der Waals surface area contributed by atoms with Gasteiger partial charge in [-0.25, -0.2) is 12.8 Å². The summed E-state index contributed by atoms with van der Waals surface area (Å²) < 4.78 is 38.8. The number of carbonyl (C=O) groups is 1. The molecule has 26 heavy (non-hydrogen) atoms. The fourth-order valence-electron chi connectivity index (χ4n) is 2.24. The number of nitrogens with zero attached hydrogens (tertiary/aromatic N) is 2. The van der Waals surface area contributed by atoms with Crippen molar-refractivity contribution in [3.63, 3.8) is 0 Å². The summed E-state index contributed by atoms with van der Waals surface area (Å²) in [7, 11) is -0.102. The maximum Gasteiger partial charge on any atom is 0.245 e. The standard InChI is InChI=1S/C17H19ClFN3O3S/c1-21(2)14-7-5-13(6-8-14)20-17(23)11-22(26(3,24)25)16-9-4-12(18)10-15(16)19/h4-10H,11H2,1-3H3,(H,20,23). The van der Waals surface area contributed by atoms with E-state index in [1.807, 2.05) is 31.1 Å². The molecule has 0 saturated carbocycles.